The molecule has 23 heavy (non-hydrogen) atoms. The molecular formula is C18H26N2O3. The minimum absolute atomic E-state index is 0.0404. The molecule has 2 amide bonds. The number of unbranched alkanes of at least 4 members (excludes halogenated alkanes) is 1. The molecule has 0 saturated carbocycles. The van der Waals surface area contributed by atoms with Crippen LogP contribution in [0.4, 0.5) is 0 Å². The van der Waals surface area contributed by atoms with Crippen LogP contribution >= 0.6 is 0 Å². The van der Waals surface area contributed by atoms with E-state index in [1.807, 2.05) is 24.3 Å². The van der Waals surface area contributed by atoms with Gasteiger partial charge in [0, 0.05) is 20.0 Å². The molecule has 0 bridgehead atoms. The summed E-state index contributed by atoms with van der Waals surface area (Å²) >= 11 is 0. The van der Waals surface area contributed by atoms with Crippen molar-refractivity contribution >= 4 is 11.8 Å². The van der Waals surface area contributed by atoms with Crippen LogP contribution < -0.4 is 10.1 Å². The van der Waals surface area contributed by atoms with E-state index < -0.39 is 0 Å². The van der Waals surface area contributed by atoms with Crippen molar-refractivity contribution in [3.8, 4) is 5.75 Å². The monoisotopic (exact) mass is 318 g/mol. The second-order valence-electron chi connectivity index (χ2n) is 6.01. The standard InChI is InChI=1S/C18H26N2O3/c1-4-5-12-19-18(22)15-10-11-16(21)20(2)17(15)13-6-8-14(23-3)9-7-13/h6-9,15,17H,4-5,10-12H2,1-3H3,(H,19,22)/t15-,17-/m0/s1. The van der Waals surface area contributed by atoms with Crippen molar-refractivity contribution in [3.63, 3.8) is 0 Å². The van der Waals surface area contributed by atoms with Crippen molar-refractivity contribution in [2.24, 2.45) is 5.92 Å². The number of nitrogens with one attached hydrogen (secondary N) is 1. The first-order valence-corrected chi connectivity index (χ1v) is 8.25. The number of methoxy groups -OCH3 is 1. The highest BCUT2D eigenvalue weighted by Crippen LogP contribution is 2.36. The number of likely N-dealkylation sites (tertiary alicyclic amines) is 1. The van der Waals surface area contributed by atoms with Crippen LogP contribution in [0.1, 0.15) is 44.2 Å². The first-order chi connectivity index (χ1) is 11.1. The number of hydrogen-bond donors (Lipinski definition) is 1. The number of rotatable bonds is 6. The van der Waals surface area contributed by atoms with Crippen molar-refractivity contribution in [1.82, 2.24) is 10.2 Å². The van der Waals surface area contributed by atoms with Gasteiger partial charge in [0.15, 0.2) is 0 Å². The molecule has 1 saturated heterocycles. The SMILES string of the molecule is CCCCNC(=O)[C@H]1CCC(=O)N(C)[C@H]1c1ccc(OC)cc1. The number of hydrogen-bond acceptors (Lipinski definition) is 3. The van der Waals surface area contributed by atoms with E-state index in [1.54, 1.807) is 19.1 Å². The molecule has 1 aromatic rings. The number of nitrogens with zero attached hydrogens (tertiary/aromatic N) is 1. The first-order valence-electron chi connectivity index (χ1n) is 8.25. The van der Waals surface area contributed by atoms with E-state index in [0.29, 0.717) is 19.4 Å². The molecule has 0 aromatic heterocycles. The molecule has 126 valence electrons. The van der Waals surface area contributed by atoms with Gasteiger partial charge in [-0.3, -0.25) is 9.59 Å². The van der Waals surface area contributed by atoms with Crippen LogP contribution in [-0.4, -0.2) is 37.4 Å². The van der Waals surface area contributed by atoms with Crippen molar-refractivity contribution < 1.29 is 14.3 Å². The number of amides is 2. The number of ether oxygens (including phenoxy) is 1. The number of piperidine rings is 1. The van der Waals surface area contributed by atoms with E-state index in [4.69, 9.17) is 4.74 Å². The zero-order chi connectivity index (χ0) is 16.8. The molecule has 1 fully saturated rings. The average Bonchev–Trinajstić information content (AvgIpc) is 2.57. The summed E-state index contributed by atoms with van der Waals surface area (Å²) in [7, 11) is 3.40. The fraction of sp³-hybridized carbons (Fsp3) is 0.556. The second-order valence-corrected chi connectivity index (χ2v) is 6.01. The lowest BCUT2D eigenvalue weighted by Gasteiger charge is -2.38. The van der Waals surface area contributed by atoms with Gasteiger partial charge in [0.2, 0.25) is 11.8 Å². The smallest absolute Gasteiger partial charge is 0.225 e. The summed E-state index contributed by atoms with van der Waals surface area (Å²) < 4.78 is 5.18. The molecule has 1 N–H and O–H groups in total. The highest BCUT2D eigenvalue weighted by Gasteiger charge is 2.38. The summed E-state index contributed by atoms with van der Waals surface area (Å²) in [5, 5.41) is 3.01. The van der Waals surface area contributed by atoms with Crippen molar-refractivity contribution in [2.75, 3.05) is 20.7 Å². The third-order valence-electron chi connectivity index (χ3n) is 4.48. The molecule has 0 radical (unpaired) electrons. The van der Waals surface area contributed by atoms with Gasteiger partial charge in [-0.15, -0.1) is 0 Å². The molecule has 1 aliphatic rings. The van der Waals surface area contributed by atoms with Gasteiger partial charge in [0.1, 0.15) is 5.75 Å². The summed E-state index contributed by atoms with van der Waals surface area (Å²) in [5.74, 6) is 0.687. The largest absolute Gasteiger partial charge is 0.497 e. The van der Waals surface area contributed by atoms with E-state index in [0.717, 1.165) is 24.2 Å². The highest BCUT2D eigenvalue weighted by molar-refractivity contribution is 5.84. The minimum atomic E-state index is -0.219. The first kappa shape index (κ1) is 17.3. The lowest BCUT2D eigenvalue weighted by molar-refractivity contribution is -0.141. The van der Waals surface area contributed by atoms with Crippen molar-refractivity contribution in [2.45, 2.75) is 38.6 Å². The fourth-order valence-corrected chi connectivity index (χ4v) is 3.09. The molecule has 1 aliphatic heterocycles. The molecule has 0 spiro atoms. The molecule has 2 atom stereocenters. The van der Waals surface area contributed by atoms with Crippen LogP contribution in [0.25, 0.3) is 0 Å². The van der Waals surface area contributed by atoms with Gasteiger partial charge in [-0.25, -0.2) is 0 Å². The fourth-order valence-electron chi connectivity index (χ4n) is 3.09. The Kier molecular flexibility index (Phi) is 6.02. The summed E-state index contributed by atoms with van der Waals surface area (Å²) in [4.78, 5) is 26.4. The van der Waals surface area contributed by atoms with Crippen LogP contribution in [0.2, 0.25) is 0 Å². The summed E-state index contributed by atoms with van der Waals surface area (Å²) in [6, 6.07) is 7.39. The number of benzene rings is 1. The maximum atomic E-state index is 12.6. The zero-order valence-electron chi connectivity index (χ0n) is 14.2. The second kappa shape index (κ2) is 7.99. The Hall–Kier alpha value is -2.04. The Morgan fingerprint density at radius 1 is 1.35 bits per heavy atom. The van der Waals surface area contributed by atoms with Gasteiger partial charge < -0.3 is 15.0 Å². The lowest BCUT2D eigenvalue weighted by atomic mass is 9.84. The Bertz CT molecular complexity index is 542. The van der Waals surface area contributed by atoms with Crippen LogP contribution in [-0.2, 0) is 9.59 Å². The maximum absolute atomic E-state index is 12.6. The van der Waals surface area contributed by atoms with Crippen molar-refractivity contribution in [3.05, 3.63) is 29.8 Å². The minimum Gasteiger partial charge on any atom is -0.497 e. The quantitative estimate of drug-likeness (QED) is 0.820. The normalized spacial score (nSPS) is 21.2. The number of carbonyl (C=O) groups is 2. The molecule has 5 nitrogen and oxygen atoms in total. The van der Waals surface area contributed by atoms with E-state index >= 15 is 0 Å². The molecule has 0 unspecified atom stereocenters. The van der Waals surface area contributed by atoms with Crippen LogP contribution in [0, 0.1) is 5.92 Å². The van der Waals surface area contributed by atoms with Gasteiger partial charge in [-0.1, -0.05) is 25.5 Å². The Morgan fingerprint density at radius 3 is 2.65 bits per heavy atom. The molecule has 0 aliphatic carbocycles. The molecule has 2 rings (SSSR count). The van der Waals surface area contributed by atoms with Gasteiger partial charge in [0.05, 0.1) is 19.1 Å². The molecular weight excluding hydrogens is 292 g/mol. The third kappa shape index (κ3) is 4.03. The maximum Gasteiger partial charge on any atom is 0.225 e. The predicted molar refractivity (Wildman–Crippen MR) is 89.1 cm³/mol. The number of carbonyl (C=O) groups excluding carboxylic acids is 2. The summed E-state index contributed by atoms with van der Waals surface area (Å²) in [6.07, 6.45) is 3.04. The van der Waals surface area contributed by atoms with Gasteiger partial charge in [-0.05, 0) is 30.5 Å². The summed E-state index contributed by atoms with van der Waals surface area (Å²) in [5.41, 5.74) is 0.969. The third-order valence-corrected chi connectivity index (χ3v) is 4.48. The van der Waals surface area contributed by atoms with E-state index in [9.17, 15) is 9.59 Å². The van der Waals surface area contributed by atoms with E-state index in [1.165, 1.54) is 0 Å². The van der Waals surface area contributed by atoms with Crippen molar-refractivity contribution in [1.29, 1.82) is 0 Å². The molecule has 1 aromatic carbocycles. The van der Waals surface area contributed by atoms with Gasteiger partial charge in [-0.2, -0.15) is 0 Å². The Balaban J connectivity index is 2.20. The van der Waals surface area contributed by atoms with Gasteiger partial charge >= 0.3 is 0 Å². The van der Waals surface area contributed by atoms with Crippen LogP contribution in [0.15, 0.2) is 24.3 Å². The predicted octanol–water partition coefficient (Wildman–Crippen LogP) is 2.52. The van der Waals surface area contributed by atoms with Crippen LogP contribution in [0.5, 0.6) is 5.75 Å². The van der Waals surface area contributed by atoms with Gasteiger partial charge in [0.25, 0.3) is 0 Å². The average molecular weight is 318 g/mol. The Morgan fingerprint density at radius 2 is 2.04 bits per heavy atom. The topological polar surface area (TPSA) is 58.6 Å². The van der Waals surface area contributed by atoms with E-state index in [-0.39, 0.29) is 23.8 Å². The van der Waals surface area contributed by atoms with Crippen LogP contribution in [0.3, 0.4) is 0 Å². The zero-order valence-corrected chi connectivity index (χ0v) is 14.2. The highest BCUT2D eigenvalue weighted by atomic mass is 16.5. The molecule has 1 heterocycles. The lowest BCUT2D eigenvalue weighted by Crippen LogP contribution is -2.46. The molecule has 5 heteroatoms. The summed E-state index contributed by atoms with van der Waals surface area (Å²) in [6.45, 7) is 2.79. The Labute approximate surface area is 138 Å². The van der Waals surface area contributed by atoms with E-state index in [2.05, 4.69) is 12.2 Å².